The zero-order valence-electron chi connectivity index (χ0n) is 10.1. The lowest BCUT2D eigenvalue weighted by Crippen LogP contribution is -2.50. The van der Waals surface area contributed by atoms with Gasteiger partial charge in [-0.1, -0.05) is 6.07 Å². The van der Waals surface area contributed by atoms with E-state index in [2.05, 4.69) is 10.3 Å². The molecule has 0 unspecified atom stereocenters. The lowest BCUT2D eigenvalue weighted by molar-refractivity contribution is -0.120. The number of benzene rings is 1. The highest BCUT2D eigenvalue weighted by Crippen LogP contribution is 2.27. The van der Waals surface area contributed by atoms with Gasteiger partial charge in [-0.25, -0.2) is 9.78 Å². The summed E-state index contributed by atoms with van der Waals surface area (Å²) in [6.45, 7) is 0.325. The van der Waals surface area contributed by atoms with E-state index in [1.165, 1.54) is 4.90 Å². The molecule has 0 bridgehead atoms. The highest BCUT2D eigenvalue weighted by atomic mass is 16.2. The Labute approximate surface area is 109 Å². The molecule has 3 amide bonds. The molecule has 6 nitrogen and oxygen atoms in total. The van der Waals surface area contributed by atoms with Crippen molar-refractivity contribution in [2.24, 2.45) is 0 Å². The number of pyridine rings is 1. The highest BCUT2D eigenvalue weighted by Gasteiger charge is 2.26. The predicted octanol–water partition coefficient (Wildman–Crippen LogP) is 1.26. The van der Waals surface area contributed by atoms with Gasteiger partial charge in [-0.15, -0.1) is 0 Å². The van der Waals surface area contributed by atoms with Crippen LogP contribution in [0.25, 0.3) is 10.8 Å². The number of nitrogen functional groups attached to an aromatic ring is 1. The number of nitrogens with two attached hydrogens (primary N) is 1. The molecule has 3 N–H and O–H groups in total. The zero-order valence-corrected chi connectivity index (χ0v) is 10.1. The van der Waals surface area contributed by atoms with Crippen molar-refractivity contribution in [3.05, 3.63) is 30.5 Å². The third kappa shape index (κ3) is 1.97. The minimum Gasteiger partial charge on any atom is -0.399 e. The maximum absolute atomic E-state index is 11.9. The standard InChI is InChI=1S/C13H12N4O2/c14-9-2-1-8-3-5-15-12(10(8)7-9)17-6-4-11(18)16-13(17)19/h1-3,5,7H,4,6,14H2,(H,16,18,19). The van der Waals surface area contributed by atoms with E-state index in [9.17, 15) is 9.59 Å². The van der Waals surface area contributed by atoms with Crippen molar-refractivity contribution in [1.82, 2.24) is 10.3 Å². The van der Waals surface area contributed by atoms with Gasteiger partial charge in [0.05, 0.1) is 0 Å². The lowest BCUT2D eigenvalue weighted by Gasteiger charge is -2.26. The number of carbonyl (C=O) groups excluding carboxylic acids is 2. The van der Waals surface area contributed by atoms with E-state index in [1.54, 1.807) is 18.3 Å². The van der Waals surface area contributed by atoms with Crippen molar-refractivity contribution in [3.63, 3.8) is 0 Å². The van der Waals surface area contributed by atoms with Crippen molar-refractivity contribution in [2.45, 2.75) is 6.42 Å². The quantitative estimate of drug-likeness (QED) is 0.752. The van der Waals surface area contributed by atoms with Gasteiger partial charge in [0.15, 0.2) is 0 Å². The molecule has 1 aromatic heterocycles. The van der Waals surface area contributed by atoms with E-state index in [0.29, 0.717) is 18.1 Å². The average Bonchev–Trinajstić information content (AvgIpc) is 2.38. The van der Waals surface area contributed by atoms with E-state index in [-0.39, 0.29) is 12.3 Å². The summed E-state index contributed by atoms with van der Waals surface area (Å²) in [5.74, 6) is 0.260. The second-order valence-electron chi connectivity index (χ2n) is 4.37. The maximum Gasteiger partial charge on any atom is 0.329 e. The number of hydrogen-bond acceptors (Lipinski definition) is 4. The van der Waals surface area contributed by atoms with Crippen LogP contribution in [0.3, 0.4) is 0 Å². The molecule has 1 aliphatic heterocycles. The van der Waals surface area contributed by atoms with E-state index in [4.69, 9.17) is 5.73 Å². The van der Waals surface area contributed by atoms with Crippen LogP contribution in [0.1, 0.15) is 6.42 Å². The minimum atomic E-state index is -0.446. The van der Waals surface area contributed by atoms with Crippen LogP contribution in [0, 0.1) is 0 Å². The fourth-order valence-electron chi connectivity index (χ4n) is 2.15. The Kier molecular flexibility index (Phi) is 2.56. The van der Waals surface area contributed by atoms with Crippen LogP contribution >= 0.6 is 0 Å². The van der Waals surface area contributed by atoms with Crippen molar-refractivity contribution >= 4 is 34.2 Å². The number of urea groups is 1. The number of aromatic nitrogens is 1. The van der Waals surface area contributed by atoms with E-state index < -0.39 is 6.03 Å². The first-order chi connectivity index (χ1) is 9.15. The van der Waals surface area contributed by atoms with Crippen LogP contribution in [0.15, 0.2) is 30.5 Å². The molecule has 0 radical (unpaired) electrons. The normalized spacial score (nSPS) is 15.7. The summed E-state index contributed by atoms with van der Waals surface area (Å²) in [5, 5.41) is 4.03. The van der Waals surface area contributed by atoms with Crippen molar-refractivity contribution in [1.29, 1.82) is 0 Å². The number of rotatable bonds is 1. The number of anilines is 2. The van der Waals surface area contributed by atoms with Crippen LogP contribution in [0.4, 0.5) is 16.3 Å². The number of amides is 3. The van der Waals surface area contributed by atoms with Gasteiger partial charge < -0.3 is 5.73 Å². The molecule has 0 saturated carbocycles. The Balaban J connectivity index is 2.12. The lowest BCUT2D eigenvalue weighted by atomic mass is 10.1. The number of imide groups is 1. The Hall–Kier alpha value is -2.63. The molecule has 0 atom stereocenters. The van der Waals surface area contributed by atoms with Gasteiger partial charge >= 0.3 is 6.03 Å². The van der Waals surface area contributed by atoms with Crippen LogP contribution in [0.2, 0.25) is 0 Å². The number of nitrogens with one attached hydrogen (secondary N) is 1. The fraction of sp³-hybridized carbons (Fsp3) is 0.154. The van der Waals surface area contributed by atoms with Crippen LogP contribution in [-0.4, -0.2) is 23.5 Å². The Morgan fingerprint density at radius 2 is 2.11 bits per heavy atom. The number of hydrogen-bond donors (Lipinski definition) is 2. The molecule has 1 saturated heterocycles. The Bertz CT molecular complexity index is 683. The van der Waals surface area contributed by atoms with Crippen LogP contribution in [-0.2, 0) is 4.79 Å². The second kappa shape index (κ2) is 4.24. The van der Waals surface area contributed by atoms with Gasteiger partial charge in [-0.05, 0) is 23.6 Å². The molecule has 2 heterocycles. The molecule has 19 heavy (non-hydrogen) atoms. The van der Waals surface area contributed by atoms with Gasteiger partial charge in [0.2, 0.25) is 5.91 Å². The summed E-state index contributed by atoms with van der Waals surface area (Å²) in [7, 11) is 0. The fourth-order valence-corrected chi connectivity index (χ4v) is 2.15. The van der Waals surface area contributed by atoms with Gasteiger partial charge in [0.1, 0.15) is 5.82 Å². The molecule has 1 aromatic carbocycles. The summed E-state index contributed by atoms with van der Waals surface area (Å²) in [6, 6.07) is 6.86. The molecule has 3 rings (SSSR count). The molecule has 0 aliphatic carbocycles. The summed E-state index contributed by atoms with van der Waals surface area (Å²) in [6.07, 6.45) is 1.91. The van der Waals surface area contributed by atoms with E-state index in [1.807, 2.05) is 12.1 Å². The topological polar surface area (TPSA) is 88.3 Å². The Morgan fingerprint density at radius 3 is 2.89 bits per heavy atom. The molecule has 96 valence electrons. The molecule has 6 heteroatoms. The first-order valence-electron chi connectivity index (χ1n) is 5.91. The molecular weight excluding hydrogens is 244 g/mol. The predicted molar refractivity (Wildman–Crippen MR) is 71.7 cm³/mol. The average molecular weight is 256 g/mol. The highest BCUT2D eigenvalue weighted by molar-refractivity contribution is 6.09. The van der Waals surface area contributed by atoms with Gasteiger partial charge in [0, 0.05) is 30.2 Å². The summed E-state index contributed by atoms with van der Waals surface area (Å²) in [5.41, 5.74) is 6.38. The van der Waals surface area contributed by atoms with Crippen molar-refractivity contribution in [3.8, 4) is 0 Å². The first-order valence-corrected chi connectivity index (χ1v) is 5.91. The van der Waals surface area contributed by atoms with Crippen LogP contribution < -0.4 is 16.0 Å². The molecule has 1 fully saturated rings. The second-order valence-corrected chi connectivity index (χ2v) is 4.37. The smallest absolute Gasteiger partial charge is 0.329 e. The SMILES string of the molecule is Nc1ccc2ccnc(N3CCC(=O)NC3=O)c2c1. The Morgan fingerprint density at radius 1 is 1.26 bits per heavy atom. The molecular formula is C13H12N4O2. The zero-order chi connectivity index (χ0) is 13.4. The first kappa shape index (κ1) is 11.5. The third-order valence-corrected chi connectivity index (χ3v) is 3.08. The van der Waals surface area contributed by atoms with E-state index in [0.717, 1.165) is 10.8 Å². The van der Waals surface area contributed by atoms with Gasteiger partial charge in [-0.3, -0.25) is 15.0 Å². The summed E-state index contributed by atoms with van der Waals surface area (Å²) in [4.78, 5) is 28.7. The number of carbonyl (C=O) groups is 2. The van der Waals surface area contributed by atoms with Gasteiger partial charge in [-0.2, -0.15) is 0 Å². The summed E-state index contributed by atoms with van der Waals surface area (Å²) < 4.78 is 0. The third-order valence-electron chi connectivity index (χ3n) is 3.08. The van der Waals surface area contributed by atoms with Gasteiger partial charge in [0.25, 0.3) is 0 Å². The largest absolute Gasteiger partial charge is 0.399 e. The van der Waals surface area contributed by atoms with Crippen molar-refractivity contribution in [2.75, 3.05) is 17.2 Å². The maximum atomic E-state index is 11.9. The van der Waals surface area contributed by atoms with Crippen LogP contribution in [0.5, 0.6) is 0 Å². The monoisotopic (exact) mass is 256 g/mol. The summed E-state index contributed by atoms with van der Waals surface area (Å²) >= 11 is 0. The molecule has 0 spiro atoms. The number of fused-ring (bicyclic) bond motifs is 1. The molecule has 2 aromatic rings. The van der Waals surface area contributed by atoms with E-state index >= 15 is 0 Å². The van der Waals surface area contributed by atoms with Crippen molar-refractivity contribution < 1.29 is 9.59 Å². The number of nitrogens with zero attached hydrogens (tertiary/aromatic N) is 2. The minimum absolute atomic E-state index is 0.263. The molecule has 1 aliphatic rings.